The summed E-state index contributed by atoms with van der Waals surface area (Å²) in [6.45, 7) is 2.16. The van der Waals surface area contributed by atoms with Crippen LogP contribution in [0.1, 0.15) is 57.1 Å². The molecule has 1 aromatic carbocycles. The van der Waals surface area contributed by atoms with E-state index in [9.17, 15) is 15.2 Å². The van der Waals surface area contributed by atoms with Gasteiger partial charge in [-0.25, -0.2) is 5.11 Å². The van der Waals surface area contributed by atoms with Crippen LogP contribution in [0.25, 0.3) is 0 Å². The molecule has 0 aliphatic rings. The van der Waals surface area contributed by atoms with Gasteiger partial charge in [0.1, 0.15) is 6.10 Å². The van der Waals surface area contributed by atoms with Crippen LogP contribution in [-0.2, 0) is 5.11 Å². The molecule has 4 heteroatoms. The lowest BCUT2D eigenvalue weighted by molar-refractivity contribution is -0.384. The molecule has 1 atom stereocenters. The highest BCUT2D eigenvalue weighted by atomic mass is 16.6. The maximum Gasteiger partial charge on any atom is 0.269 e. The Hall–Kier alpha value is -1.42. The number of nitro groups is 1. The molecular formula is C14H20NO3. The highest BCUT2D eigenvalue weighted by molar-refractivity contribution is 5.33. The summed E-state index contributed by atoms with van der Waals surface area (Å²) in [6, 6.07) is 5.94. The molecule has 4 nitrogen and oxygen atoms in total. The number of hydrogen-bond donors (Lipinski definition) is 0. The lowest BCUT2D eigenvalue weighted by atomic mass is 10.0. The summed E-state index contributed by atoms with van der Waals surface area (Å²) in [5.74, 6) is 0. The first-order valence-electron chi connectivity index (χ1n) is 6.55. The van der Waals surface area contributed by atoms with Gasteiger partial charge in [-0.05, 0) is 24.1 Å². The van der Waals surface area contributed by atoms with E-state index in [4.69, 9.17) is 0 Å². The Bertz CT molecular complexity index is 362. The lowest BCUT2D eigenvalue weighted by Crippen LogP contribution is -1.96. The lowest BCUT2D eigenvalue weighted by Gasteiger charge is -2.08. The van der Waals surface area contributed by atoms with Crippen LogP contribution < -0.4 is 0 Å². The minimum atomic E-state index is -0.757. The Kier molecular flexibility index (Phi) is 6.36. The smallest absolute Gasteiger partial charge is 0.258 e. The van der Waals surface area contributed by atoms with E-state index in [2.05, 4.69) is 6.92 Å². The average molecular weight is 250 g/mol. The number of nitro benzene ring substituents is 1. The molecular weight excluding hydrogens is 230 g/mol. The zero-order valence-corrected chi connectivity index (χ0v) is 10.8. The Balaban J connectivity index is 2.37. The van der Waals surface area contributed by atoms with Gasteiger partial charge in [-0.2, -0.15) is 0 Å². The molecule has 0 heterocycles. The monoisotopic (exact) mass is 250 g/mol. The summed E-state index contributed by atoms with van der Waals surface area (Å²) < 4.78 is 0. The predicted molar refractivity (Wildman–Crippen MR) is 69.9 cm³/mol. The average Bonchev–Trinajstić information content (AvgIpc) is 2.38. The molecule has 0 bridgehead atoms. The van der Waals surface area contributed by atoms with Crippen molar-refractivity contribution in [1.29, 1.82) is 0 Å². The summed E-state index contributed by atoms with van der Waals surface area (Å²) >= 11 is 0. The molecule has 0 fully saturated rings. The third-order valence-corrected chi connectivity index (χ3v) is 3.05. The van der Waals surface area contributed by atoms with Crippen LogP contribution in [0, 0.1) is 10.1 Å². The fraction of sp³-hybridized carbons (Fsp3) is 0.571. The van der Waals surface area contributed by atoms with Crippen molar-refractivity contribution in [1.82, 2.24) is 0 Å². The molecule has 18 heavy (non-hydrogen) atoms. The third kappa shape index (κ3) is 4.84. The number of non-ortho nitro benzene ring substituents is 1. The molecule has 1 rings (SSSR count). The molecule has 0 aliphatic carbocycles. The molecule has 0 N–H and O–H groups in total. The number of benzene rings is 1. The van der Waals surface area contributed by atoms with Crippen LogP contribution in [0.5, 0.6) is 0 Å². The second-order valence-corrected chi connectivity index (χ2v) is 4.54. The molecule has 1 aromatic rings. The molecule has 0 aliphatic heterocycles. The Morgan fingerprint density at radius 1 is 1.11 bits per heavy atom. The molecule has 0 amide bonds. The van der Waals surface area contributed by atoms with Gasteiger partial charge in [0.25, 0.3) is 5.69 Å². The number of unbranched alkanes of at least 4 members (excludes halogenated alkanes) is 4. The van der Waals surface area contributed by atoms with E-state index >= 15 is 0 Å². The van der Waals surface area contributed by atoms with Crippen molar-refractivity contribution in [2.75, 3.05) is 0 Å². The quantitative estimate of drug-likeness (QED) is 0.389. The van der Waals surface area contributed by atoms with Crippen molar-refractivity contribution >= 4 is 5.69 Å². The minimum Gasteiger partial charge on any atom is -0.258 e. The van der Waals surface area contributed by atoms with Gasteiger partial charge >= 0.3 is 0 Å². The summed E-state index contributed by atoms with van der Waals surface area (Å²) in [7, 11) is 0. The summed E-state index contributed by atoms with van der Waals surface area (Å²) in [4.78, 5) is 10.0. The van der Waals surface area contributed by atoms with E-state index in [0.29, 0.717) is 12.0 Å². The van der Waals surface area contributed by atoms with Gasteiger partial charge in [-0.1, -0.05) is 39.0 Å². The fourth-order valence-corrected chi connectivity index (χ4v) is 1.91. The van der Waals surface area contributed by atoms with Crippen molar-refractivity contribution in [2.45, 2.75) is 51.6 Å². The van der Waals surface area contributed by atoms with Crippen LogP contribution in [0.2, 0.25) is 0 Å². The molecule has 0 saturated heterocycles. The Morgan fingerprint density at radius 3 is 2.28 bits per heavy atom. The molecule has 1 unspecified atom stereocenters. The van der Waals surface area contributed by atoms with Gasteiger partial charge in [-0.3, -0.25) is 10.1 Å². The number of hydrogen-bond acceptors (Lipinski definition) is 2. The molecule has 1 radical (unpaired) electrons. The van der Waals surface area contributed by atoms with Gasteiger partial charge in [0.05, 0.1) is 4.92 Å². The highest BCUT2D eigenvalue weighted by Gasteiger charge is 2.11. The second kappa shape index (κ2) is 7.82. The van der Waals surface area contributed by atoms with E-state index in [1.54, 1.807) is 12.1 Å². The molecule has 0 saturated carbocycles. The first-order chi connectivity index (χ1) is 8.65. The van der Waals surface area contributed by atoms with Gasteiger partial charge in [0, 0.05) is 12.1 Å². The first kappa shape index (κ1) is 14.6. The van der Waals surface area contributed by atoms with Crippen molar-refractivity contribution in [3.05, 3.63) is 39.9 Å². The second-order valence-electron chi connectivity index (χ2n) is 4.54. The van der Waals surface area contributed by atoms with Gasteiger partial charge in [-0.15, -0.1) is 0 Å². The van der Waals surface area contributed by atoms with Crippen LogP contribution in [0.4, 0.5) is 5.69 Å². The molecule has 0 spiro atoms. The van der Waals surface area contributed by atoms with Crippen molar-refractivity contribution in [3.8, 4) is 0 Å². The minimum absolute atomic E-state index is 0.0360. The van der Waals surface area contributed by atoms with Gasteiger partial charge in [0.2, 0.25) is 0 Å². The highest BCUT2D eigenvalue weighted by Crippen LogP contribution is 2.23. The predicted octanol–water partition coefficient (Wildman–Crippen LogP) is 4.43. The van der Waals surface area contributed by atoms with E-state index in [0.717, 1.165) is 12.8 Å². The van der Waals surface area contributed by atoms with Crippen LogP contribution in [0.15, 0.2) is 24.3 Å². The maximum absolute atomic E-state index is 11.9. The van der Waals surface area contributed by atoms with Crippen molar-refractivity contribution in [3.63, 3.8) is 0 Å². The fourth-order valence-electron chi connectivity index (χ4n) is 1.91. The topological polar surface area (TPSA) is 63.0 Å². The number of rotatable bonds is 8. The Labute approximate surface area is 108 Å². The SMILES string of the molecule is CCCCCCCC([O])c1ccc([N+](=O)[O-])cc1. The third-order valence-electron chi connectivity index (χ3n) is 3.05. The van der Waals surface area contributed by atoms with E-state index in [1.165, 1.54) is 31.4 Å². The van der Waals surface area contributed by atoms with Crippen LogP contribution in [0.3, 0.4) is 0 Å². The largest absolute Gasteiger partial charge is 0.269 e. The van der Waals surface area contributed by atoms with E-state index in [1.807, 2.05) is 0 Å². The van der Waals surface area contributed by atoms with Crippen LogP contribution in [-0.4, -0.2) is 4.92 Å². The zero-order valence-electron chi connectivity index (χ0n) is 10.8. The first-order valence-corrected chi connectivity index (χ1v) is 6.55. The zero-order chi connectivity index (χ0) is 13.4. The van der Waals surface area contributed by atoms with Crippen molar-refractivity contribution in [2.24, 2.45) is 0 Å². The molecule has 0 aromatic heterocycles. The number of nitrogens with zero attached hydrogens (tertiary/aromatic N) is 1. The van der Waals surface area contributed by atoms with E-state index in [-0.39, 0.29) is 5.69 Å². The van der Waals surface area contributed by atoms with Gasteiger partial charge < -0.3 is 0 Å². The van der Waals surface area contributed by atoms with Crippen LogP contribution >= 0.6 is 0 Å². The van der Waals surface area contributed by atoms with Crippen molar-refractivity contribution < 1.29 is 10.0 Å². The molecule has 99 valence electrons. The summed E-state index contributed by atoms with van der Waals surface area (Å²) in [6.07, 6.45) is 5.49. The standard InChI is InChI=1S/C14H20NO3/c1-2-3-4-5-6-7-14(16)12-8-10-13(11-9-12)15(17)18/h8-11,14H,2-7H2,1H3. The van der Waals surface area contributed by atoms with E-state index < -0.39 is 11.0 Å². The van der Waals surface area contributed by atoms with Gasteiger partial charge in [0.15, 0.2) is 0 Å². The summed E-state index contributed by atoms with van der Waals surface area (Å²) in [5.41, 5.74) is 0.685. The normalized spacial score (nSPS) is 12.3. The summed E-state index contributed by atoms with van der Waals surface area (Å²) in [5, 5.41) is 22.4. The maximum atomic E-state index is 11.9. The Morgan fingerprint density at radius 2 is 1.72 bits per heavy atom.